The summed E-state index contributed by atoms with van der Waals surface area (Å²) in [4.78, 5) is 22.0. The van der Waals surface area contributed by atoms with Crippen molar-refractivity contribution in [3.8, 4) is 5.82 Å². The SMILES string of the molecule is CON(C)S(=O)(=O)c1cccc(C(=O)Nc2cc(C(C)(C)C)nn2-c2ccccn2)c1. The van der Waals surface area contributed by atoms with Crippen LogP contribution in [0.5, 0.6) is 0 Å². The molecule has 0 aliphatic heterocycles. The van der Waals surface area contributed by atoms with Crippen molar-refractivity contribution < 1.29 is 18.0 Å². The fourth-order valence-corrected chi connectivity index (χ4v) is 3.74. The lowest BCUT2D eigenvalue weighted by atomic mass is 9.92. The molecule has 0 fully saturated rings. The van der Waals surface area contributed by atoms with Gasteiger partial charge in [-0.3, -0.25) is 9.63 Å². The van der Waals surface area contributed by atoms with Crippen LogP contribution in [0, 0.1) is 0 Å². The van der Waals surface area contributed by atoms with Gasteiger partial charge in [-0.1, -0.05) is 37.4 Å². The van der Waals surface area contributed by atoms with Crippen molar-refractivity contribution >= 4 is 21.7 Å². The van der Waals surface area contributed by atoms with Crippen molar-refractivity contribution in [1.82, 2.24) is 19.2 Å². The predicted octanol–water partition coefficient (Wildman–Crippen LogP) is 3.00. The third-order valence-corrected chi connectivity index (χ3v) is 6.25. The van der Waals surface area contributed by atoms with Crippen LogP contribution in [0.2, 0.25) is 0 Å². The molecular weight excluding hydrogens is 418 g/mol. The number of hydrogen-bond donors (Lipinski definition) is 1. The smallest absolute Gasteiger partial charge is 0.264 e. The molecule has 2 heterocycles. The Labute approximate surface area is 181 Å². The Morgan fingerprint density at radius 1 is 1.13 bits per heavy atom. The van der Waals surface area contributed by atoms with Gasteiger partial charge in [0.1, 0.15) is 5.82 Å². The Hall–Kier alpha value is -3.08. The first-order chi connectivity index (χ1) is 14.5. The molecule has 0 unspecified atom stereocenters. The third-order valence-electron chi connectivity index (χ3n) is 4.58. The molecule has 31 heavy (non-hydrogen) atoms. The van der Waals surface area contributed by atoms with E-state index in [1.807, 2.05) is 26.8 Å². The van der Waals surface area contributed by atoms with Crippen LogP contribution in [-0.2, 0) is 20.3 Å². The highest BCUT2D eigenvalue weighted by Crippen LogP contribution is 2.26. The number of hydroxylamine groups is 1. The summed E-state index contributed by atoms with van der Waals surface area (Å²) in [6.45, 7) is 6.05. The number of nitrogens with zero attached hydrogens (tertiary/aromatic N) is 4. The van der Waals surface area contributed by atoms with Gasteiger partial charge in [0.25, 0.3) is 15.9 Å². The van der Waals surface area contributed by atoms with Crippen LogP contribution in [0.15, 0.2) is 59.6 Å². The number of benzene rings is 1. The number of carbonyl (C=O) groups is 1. The molecule has 0 aliphatic rings. The number of aromatic nitrogens is 3. The van der Waals surface area contributed by atoms with Crippen LogP contribution in [0.4, 0.5) is 5.82 Å². The number of nitrogens with one attached hydrogen (secondary N) is 1. The molecule has 164 valence electrons. The maximum atomic E-state index is 13.0. The zero-order valence-electron chi connectivity index (χ0n) is 18.0. The number of hydrogen-bond acceptors (Lipinski definition) is 6. The van der Waals surface area contributed by atoms with E-state index in [2.05, 4.69) is 15.4 Å². The topological polar surface area (TPSA) is 106 Å². The molecule has 0 atom stereocenters. The largest absolute Gasteiger partial charge is 0.306 e. The van der Waals surface area contributed by atoms with Gasteiger partial charge in [-0.15, -0.1) is 0 Å². The summed E-state index contributed by atoms with van der Waals surface area (Å²) in [5.74, 6) is 0.497. The van der Waals surface area contributed by atoms with Gasteiger partial charge in [0.15, 0.2) is 5.82 Å². The Balaban J connectivity index is 1.97. The van der Waals surface area contributed by atoms with Gasteiger partial charge in [-0.05, 0) is 30.3 Å². The molecule has 2 aromatic heterocycles. The number of rotatable bonds is 6. The third kappa shape index (κ3) is 4.82. The lowest BCUT2D eigenvalue weighted by Gasteiger charge is -2.14. The second-order valence-corrected chi connectivity index (χ2v) is 9.78. The second-order valence-electron chi connectivity index (χ2n) is 7.84. The van der Waals surface area contributed by atoms with Gasteiger partial charge in [-0.25, -0.2) is 13.4 Å². The summed E-state index contributed by atoms with van der Waals surface area (Å²) in [6, 6.07) is 12.9. The monoisotopic (exact) mass is 443 g/mol. The van der Waals surface area contributed by atoms with E-state index in [1.165, 1.54) is 38.4 Å². The van der Waals surface area contributed by atoms with Crippen molar-refractivity contribution in [3.63, 3.8) is 0 Å². The Morgan fingerprint density at radius 2 is 1.87 bits per heavy atom. The number of pyridine rings is 1. The molecule has 0 bridgehead atoms. The van der Waals surface area contributed by atoms with E-state index in [9.17, 15) is 13.2 Å². The van der Waals surface area contributed by atoms with E-state index >= 15 is 0 Å². The quantitative estimate of drug-likeness (QED) is 0.587. The van der Waals surface area contributed by atoms with Crippen molar-refractivity contribution in [2.24, 2.45) is 0 Å². The summed E-state index contributed by atoms with van der Waals surface area (Å²) in [5, 5.41) is 7.43. The van der Waals surface area contributed by atoms with Crippen molar-refractivity contribution in [1.29, 1.82) is 0 Å². The van der Waals surface area contributed by atoms with Crippen LogP contribution < -0.4 is 5.32 Å². The molecule has 0 saturated heterocycles. The molecule has 1 amide bonds. The first kappa shape index (κ1) is 22.6. The summed E-state index contributed by atoms with van der Waals surface area (Å²) in [6.07, 6.45) is 1.64. The van der Waals surface area contributed by atoms with Crippen LogP contribution in [0.3, 0.4) is 0 Å². The number of carbonyl (C=O) groups excluding carboxylic acids is 1. The second kappa shape index (κ2) is 8.58. The van der Waals surface area contributed by atoms with Gasteiger partial charge in [0.2, 0.25) is 0 Å². The first-order valence-corrected chi connectivity index (χ1v) is 10.9. The Bertz CT molecular complexity index is 1180. The lowest BCUT2D eigenvalue weighted by molar-refractivity contribution is -0.0258. The van der Waals surface area contributed by atoms with Gasteiger partial charge >= 0.3 is 0 Å². The minimum Gasteiger partial charge on any atom is -0.306 e. The highest BCUT2D eigenvalue weighted by Gasteiger charge is 2.24. The minimum atomic E-state index is -3.88. The van der Waals surface area contributed by atoms with E-state index in [4.69, 9.17) is 4.84 Å². The summed E-state index contributed by atoms with van der Waals surface area (Å²) < 4.78 is 27.3. The molecule has 3 rings (SSSR count). The molecule has 0 radical (unpaired) electrons. The molecule has 9 nitrogen and oxygen atoms in total. The Kier molecular flexibility index (Phi) is 6.25. The van der Waals surface area contributed by atoms with E-state index in [-0.39, 0.29) is 15.9 Å². The van der Waals surface area contributed by atoms with Crippen molar-refractivity contribution in [2.75, 3.05) is 19.5 Å². The highest BCUT2D eigenvalue weighted by molar-refractivity contribution is 7.89. The fourth-order valence-electron chi connectivity index (χ4n) is 2.72. The maximum absolute atomic E-state index is 13.0. The van der Waals surface area contributed by atoms with E-state index in [1.54, 1.807) is 29.1 Å². The average molecular weight is 444 g/mol. The molecule has 0 saturated carbocycles. The first-order valence-electron chi connectivity index (χ1n) is 9.50. The summed E-state index contributed by atoms with van der Waals surface area (Å²) >= 11 is 0. The highest BCUT2D eigenvalue weighted by atomic mass is 32.2. The van der Waals surface area contributed by atoms with E-state index in [0.29, 0.717) is 11.6 Å². The minimum absolute atomic E-state index is 0.0573. The van der Waals surface area contributed by atoms with Gasteiger partial charge in [0, 0.05) is 30.3 Å². The summed E-state index contributed by atoms with van der Waals surface area (Å²) in [7, 11) is -1.35. The van der Waals surface area contributed by atoms with Crippen molar-refractivity contribution in [3.05, 3.63) is 66.0 Å². The standard InChI is InChI=1S/C21H25N5O4S/c1-21(2,3)17-14-19(26(24-17)18-11-6-7-12-22-18)23-20(27)15-9-8-10-16(13-15)31(28,29)25(4)30-5/h6-14H,1-5H3,(H,23,27). The molecule has 1 N–H and O–H groups in total. The molecular formula is C21H25N5O4S. The fraction of sp³-hybridized carbons (Fsp3) is 0.286. The van der Waals surface area contributed by atoms with Gasteiger partial charge < -0.3 is 5.32 Å². The molecule has 3 aromatic rings. The summed E-state index contributed by atoms with van der Waals surface area (Å²) in [5.41, 5.74) is 0.696. The van der Waals surface area contributed by atoms with Crippen LogP contribution in [-0.4, -0.2) is 47.7 Å². The molecule has 10 heteroatoms. The van der Waals surface area contributed by atoms with Crippen LogP contribution >= 0.6 is 0 Å². The normalized spacial score (nSPS) is 12.2. The zero-order valence-corrected chi connectivity index (χ0v) is 18.8. The van der Waals surface area contributed by atoms with E-state index in [0.717, 1.165) is 10.2 Å². The predicted molar refractivity (Wildman–Crippen MR) is 116 cm³/mol. The van der Waals surface area contributed by atoms with Crippen molar-refractivity contribution in [2.45, 2.75) is 31.1 Å². The molecule has 1 aromatic carbocycles. The maximum Gasteiger partial charge on any atom is 0.264 e. The number of anilines is 1. The van der Waals surface area contributed by atoms with Gasteiger partial charge in [-0.2, -0.15) is 9.78 Å². The zero-order chi connectivity index (χ0) is 22.8. The lowest BCUT2D eigenvalue weighted by Crippen LogP contribution is -2.26. The average Bonchev–Trinajstić information content (AvgIpc) is 3.18. The van der Waals surface area contributed by atoms with E-state index < -0.39 is 15.9 Å². The van der Waals surface area contributed by atoms with Crippen LogP contribution in [0.1, 0.15) is 36.8 Å². The molecule has 0 spiro atoms. The number of sulfonamides is 1. The molecule has 0 aliphatic carbocycles. The van der Waals surface area contributed by atoms with Gasteiger partial charge in [0.05, 0.1) is 17.7 Å². The van der Waals surface area contributed by atoms with Crippen LogP contribution in [0.25, 0.3) is 5.82 Å². The number of amides is 1. The Morgan fingerprint density at radius 3 is 2.48 bits per heavy atom.